The lowest BCUT2D eigenvalue weighted by atomic mass is 10.0. The zero-order valence-corrected chi connectivity index (χ0v) is 11.6. The molecule has 92 valence electrons. The van der Waals surface area contributed by atoms with Crippen LogP contribution in [0.1, 0.15) is 30.4 Å². The summed E-state index contributed by atoms with van der Waals surface area (Å²) in [5, 5.41) is 3.56. The highest BCUT2D eigenvalue weighted by Crippen LogP contribution is 2.33. The van der Waals surface area contributed by atoms with Gasteiger partial charge in [-0.3, -0.25) is 0 Å². The maximum absolute atomic E-state index is 5.73. The number of nitrogens with one attached hydrogen (secondary N) is 1. The smallest absolute Gasteiger partial charge is 0.125 e. The Kier molecular flexibility index (Phi) is 3.39. The number of halogens is 1. The number of rotatable bonds is 5. The van der Waals surface area contributed by atoms with Crippen LogP contribution in [-0.4, -0.2) is 19.2 Å². The maximum atomic E-state index is 5.73. The Morgan fingerprint density at radius 3 is 3.06 bits per heavy atom. The maximum Gasteiger partial charge on any atom is 0.125 e. The van der Waals surface area contributed by atoms with E-state index in [-0.39, 0.29) is 0 Å². The topological polar surface area (TPSA) is 21.3 Å². The molecule has 2 aliphatic rings. The highest BCUT2D eigenvalue weighted by Gasteiger charge is 2.20. The summed E-state index contributed by atoms with van der Waals surface area (Å²) >= 11 is 3.59. The number of hydrogen-bond acceptors (Lipinski definition) is 2. The van der Waals surface area contributed by atoms with Gasteiger partial charge in [-0.25, -0.2) is 0 Å². The number of aryl methyl sites for hydroxylation is 1. The highest BCUT2D eigenvalue weighted by atomic mass is 79.9. The molecule has 0 aromatic heterocycles. The van der Waals surface area contributed by atoms with E-state index in [0.717, 1.165) is 37.8 Å². The van der Waals surface area contributed by atoms with E-state index in [1.54, 1.807) is 0 Å². The van der Waals surface area contributed by atoms with E-state index in [1.165, 1.54) is 34.9 Å². The zero-order valence-electron chi connectivity index (χ0n) is 9.97. The fraction of sp³-hybridized carbons (Fsp3) is 0.571. The summed E-state index contributed by atoms with van der Waals surface area (Å²) in [7, 11) is 0. The van der Waals surface area contributed by atoms with Crippen molar-refractivity contribution >= 4 is 15.9 Å². The first kappa shape index (κ1) is 11.5. The largest absolute Gasteiger partial charge is 0.493 e. The second-order valence-electron chi connectivity index (χ2n) is 4.98. The normalized spacial score (nSPS) is 17.9. The average Bonchev–Trinajstić information content (AvgIpc) is 3.01. The molecule has 1 aliphatic carbocycles. The molecule has 17 heavy (non-hydrogen) atoms. The second-order valence-corrected chi connectivity index (χ2v) is 5.90. The van der Waals surface area contributed by atoms with Gasteiger partial charge >= 0.3 is 0 Å². The van der Waals surface area contributed by atoms with Crippen molar-refractivity contribution in [2.24, 2.45) is 0 Å². The van der Waals surface area contributed by atoms with Crippen LogP contribution in [0, 0.1) is 0 Å². The molecule has 0 saturated heterocycles. The van der Waals surface area contributed by atoms with E-state index in [2.05, 4.69) is 33.4 Å². The number of hydrogen-bond donors (Lipinski definition) is 1. The van der Waals surface area contributed by atoms with E-state index < -0.39 is 0 Å². The molecule has 3 heteroatoms. The van der Waals surface area contributed by atoms with Crippen LogP contribution in [-0.2, 0) is 12.8 Å². The number of ether oxygens (including phenoxy) is 1. The third kappa shape index (κ3) is 2.83. The lowest BCUT2D eigenvalue weighted by Gasteiger charge is -2.09. The monoisotopic (exact) mass is 295 g/mol. The van der Waals surface area contributed by atoms with Gasteiger partial charge in [0, 0.05) is 16.9 Å². The molecule has 0 amide bonds. The minimum atomic E-state index is 0.819. The zero-order chi connectivity index (χ0) is 11.7. The molecular weight excluding hydrogens is 278 g/mol. The molecule has 0 spiro atoms. The second kappa shape index (κ2) is 4.99. The lowest BCUT2D eigenvalue weighted by molar-refractivity contribution is 0.353. The summed E-state index contributed by atoms with van der Waals surface area (Å²) in [6.07, 6.45) is 6.11. The molecule has 0 atom stereocenters. The van der Waals surface area contributed by atoms with E-state index >= 15 is 0 Å². The summed E-state index contributed by atoms with van der Waals surface area (Å²) in [5.74, 6) is 1.15. The molecule has 1 fully saturated rings. The van der Waals surface area contributed by atoms with Crippen LogP contribution in [0.15, 0.2) is 16.6 Å². The lowest BCUT2D eigenvalue weighted by Crippen LogP contribution is -2.17. The van der Waals surface area contributed by atoms with Crippen molar-refractivity contribution in [2.75, 3.05) is 13.2 Å². The molecule has 1 N–H and O–H groups in total. The van der Waals surface area contributed by atoms with Crippen LogP contribution < -0.4 is 10.1 Å². The van der Waals surface area contributed by atoms with E-state index in [1.807, 2.05) is 0 Å². The standard InChI is InChI=1S/C14H18BrNO/c15-12-8-10(2-1-6-16-13-3-4-13)14-11(9-12)5-7-17-14/h8-9,13,16H,1-7H2. The minimum absolute atomic E-state index is 0.819. The Bertz CT molecular complexity index is 415. The molecule has 3 rings (SSSR count). The first-order chi connectivity index (χ1) is 8.33. The number of fused-ring (bicyclic) bond motifs is 1. The molecule has 1 heterocycles. The summed E-state index contributed by atoms with van der Waals surface area (Å²) in [6.45, 7) is 1.98. The minimum Gasteiger partial charge on any atom is -0.493 e. The van der Waals surface area contributed by atoms with Crippen molar-refractivity contribution in [3.8, 4) is 5.75 Å². The van der Waals surface area contributed by atoms with Crippen LogP contribution in [0.2, 0.25) is 0 Å². The summed E-state index contributed by atoms with van der Waals surface area (Å²) < 4.78 is 6.92. The fourth-order valence-corrected chi connectivity index (χ4v) is 2.96. The van der Waals surface area contributed by atoms with Crippen LogP contribution in [0.4, 0.5) is 0 Å². The molecule has 0 bridgehead atoms. The fourth-order valence-electron chi connectivity index (χ4n) is 2.40. The molecule has 0 unspecified atom stereocenters. The van der Waals surface area contributed by atoms with Gasteiger partial charge in [0.2, 0.25) is 0 Å². The third-order valence-corrected chi connectivity index (χ3v) is 3.92. The Balaban J connectivity index is 1.61. The Morgan fingerprint density at radius 1 is 1.35 bits per heavy atom. The number of benzene rings is 1. The quantitative estimate of drug-likeness (QED) is 0.843. The van der Waals surface area contributed by atoms with E-state index in [4.69, 9.17) is 4.74 Å². The van der Waals surface area contributed by atoms with Gasteiger partial charge in [-0.05, 0) is 55.5 Å². The van der Waals surface area contributed by atoms with Crippen LogP contribution in [0.25, 0.3) is 0 Å². The predicted molar refractivity (Wildman–Crippen MR) is 72.7 cm³/mol. The van der Waals surface area contributed by atoms with Gasteiger partial charge in [-0.15, -0.1) is 0 Å². The molecule has 1 saturated carbocycles. The van der Waals surface area contributed by atoms with Crippen molar-refractivity contribution in [1.29, 1.82) is 0 Å². The van der Waals surface area contributed by atoms with Crippen LogP contribution in [0.5, 0.6) is 5.75 Å². The van der Waals surface area contributed by atoms with Crippen molar-refractivity contribution in [1.82, 2.24) is 5.32 Å². The van der Waals surface area contributed by atoms with E-state index in [9.17, 15) is 0 Å². The first-order valence-corrected chi connectivity index (χ1v) is 7.30. The summed E-state index contributed by atoms with van der Waals surface area (Å²) in [5.41, 5.74) is 2.73. The van der Waals surface area contributed by atoms with Gasteiger partial charge in [-0.1, -0.05) is 15.9 Å². The SMILES string of the molecule is Brc1cc(CCCNC2CC2)c2c(c1)CCO2. The van der Waals surface area contributed by atoms with Crippen molar-refractivity contribution in [3.63, 3.8) is 0 Å². The van der Waals surface area contributed by atoms with Gasteiger partial charge in [0.1, 0.15) is 5.75 Å². The molecule has 2 nitrogen and oxygen atoms in total. The highest BCUT2D eigenvalue weighted by molar-refractivity contribution is 9.10. The average molecular weight is 296 g/mol. The van der Waals surface area contributed by atoms with Gasteiger partial charge < -0.3 is 10.1 Å². The van der Waals surface area contributed by atoms with Gasteiger partial charge in [0.15, 0.2) is 0 Å². The van der Waals surface area contributed by atoms with Gasteiger partial charge in [0.05, 0.1) is 6.61 Å². The predicted octanol–water partition coefficient (Wildman–Crippen LogP) is 3.07. The Labute approximate surface area is 111 Å². The van der Waals surface area contributed by atoms with Crippen LogP contribution in [0.3, 0.4) is 0 Å². The van der Waals surface area contributed by atoms with Crippen LogP contribution >= 0.6 is 15.9 Å². The van der Waals surface area contributed by atoms with Crippen molar-refractivity contribution in [3.05, 3.63) is 27.7 Å². The van der Waals surface area contributed by atoms with Gasteiger partial charge in [0.25, 0.3) is 0 Å². The molecule has 1 aromatic carbocycles. The molecule has 0 radical (unpaired) electrons. The van der Waals surface area contributed by atoms with Crippen molar-refractivity contribution in [2.45, 2.75) is 38.1 Å². The first-order valence-electron chi connectivity index (χ1n) is 6.50. The third-order valence-electron chi connectivity index (χ3n) is 3.46. The summed E-state index contributed by atoms with van der Waals surface area (Å²) in [4.78, 5) is 0. The van der Waals surface area contributed by atoms with Crippen molar-refractivity contribution < 1.29 is 4.74 Å². The Morgan fingerprint density at radius 2 is 2.24 bits per heavy atom. The molecule has 1 aliphatic heterocycles. The Hall–Kier alpha value is -0.540. The summed E-state index contributed by atoms with van der Waals surface area (Å²) in [6, 6.07) is 5.22. The molecule has 1 aromatic rings. The van der Waals surface area contributed by atoms with Gasteiger partial charge in [-0.2, -0.15) is 0 Å². The molecular formula is C14H18BrNO. The van der Waals surface area contributed by atoms with E-state index in [0.29, 0.717) is 0 Å².